The third-order valence-electron chi connectivity index (χ3n) is 2.11. The van der Waals surface area contributed by atoms with Crippen molar-refractivity contribution in [1.29, 1.82) is 0 Å². The molecule has 2 unspecified atom stereocenters. The molecule has 0 aliphatic heterocycles. The topological polar surface area (TPSA) is 109 Å². The van der Waals surface area contributed by atoms with Crippen LogP contribution in [0.4, 0.5) is 0 Å². The summed E-state index contributed by atoms with van der Waals surface area (Å²) >= 11 is 0. The zero-order valence-corrected chi connectivity index (χ0v) is 10.9. The fourth-order valence-corrected chi connectivity index (χ4v) is 1.96. The number of hydrogen-bond acceptors (Lipinski definition) is 5. The zero-order valence-electron chi connectivity index (χ0n) is 8.10. The van der Waals surface area contributed by atoms with Gasteiger partial charge in [-0.3, -0.25) is 0 Å². The van der Waals surface area contributed by atoms with Crippen molar-refractivity contribution < 1.29 is 42.5 Å². The van der Waals surface area contributed by atoms with E-state index < -0.39 is 20.9 Å². The van der Waals surface area contributed by atoms with Crippen LogP contribution in [0.15, 0.2) is 23.9 Å². The van der Waals surface area contributed by atoms with Crippen molar-refractivity contribution in [3.63, 3.8) is 0 Å². The molecule has 5 nitrogen and oxygen atoms in total. The molecule has 1 rings (SSSR count). The number of hydrogen-bond donors (Lipinski definition) is 2. The number of allylic oxidation sites excluding steroid dienone is 1. The van der Waals surface area contributed by atoms with Gasteiger partial charge in [-0.15, -0.1) is 0 Å². The molecule has 1 aliphatic carbocycles. The second-order valence-electron chi connectivity index (χ2n) is 3.10. The van der Waals surface area contributed by atoms with Crippen LogP contribution >= 0.6 is 0 Å². The van der Waals surface area contributed by atoms with Gasteiger partial charge >= 0.3 is 29.6 Å². The molecule has 0 saturated carbocycles. The second kappa shape index (κ2) is 4.34. The van der Waals surface area contributed by atoms with E-state index in [1.165, 1.54) is 12.2 Å². The van der Waals surface area contributed by atoms with Crippen molar-refractivity contribution in [2.24, 2.45) is 17.4 Å². The zero-order chi connectivity index (χ0) is 10.3. The van der Waals surface area contributed by atoms with E-state index in [0.29, 0.717) is 0 Å². The van der Waals surface area contributed by atoms with Gasteiger partial charge in [0.2, 0.25) is 0 Å². The van der Waals surface area contributed by atoms with E-state index in [1.807, 2.05) is 0 Å². The standard InChI is InChI=1S/C7H12N2O3S.Na/c1-5-2-3-6(8)4-7(5,9)13(10,11)12;/h2-5H,8-9H2,1H3,(H,10,11,12);/q;+1/p-1. The molecule has 4 N–H and O–H groups in total. The van der Waals surface area contributed by atoms with E-state index in [0.717, 1.165) is 6.08 Å². The normalized spacial score (nSPS) is 31.9. The third kappa shape index (κ3) is 2.39. The smallest absolute Gasteiger partial charge is 0.746 e. The Labute approximate surface area is 105 Å². The first kappa shape index (κ1) is 14.2. The summed E-state index contributed by atoms with van der Waals surface area (Å²) in [7, 11) is -4.59. The van der Waals surface area contributed by atoms with Crippen LogP contribution in [0.3, 0.4) is 0 Å². The molecule has 0 heterocycles. The summed E-state index contributed by atoms with van der Waals surface area (Å²) in [6.45, 7) is 1.55. The summed E-state index contributed by atoms with van der Waals surface area (Å²) < 4.78 is 32.5. The summed E-state index contributed by atoms with van der Waals surface area (Å²) in [4.78, 5) is -1.91. The van der Waals surface area contributed by atoms with Crippen molar-refractivity contribution in [1.82, 2.24) is 0 Å². The average molecular weight is 226 g/mol. The largest absolute Gasteiger partial charge is 1.00 e. The van der Waals surface area contributed by atoms with Gasteiger partial charge in [0.05, 0.1) is 0 Å². The van der Waals surface area contributed by atoms with Gasteiger partial charge in [0.25, 0.3) is 0 Å². The van der Waals surface area contributed by atoms with Crippen LogP contribution in [0.5, 0.6) is 0 Å². The molecule has 0 fully saturated rings. The molecule has 0 spiro atoms. The van der Waals surface area contributed by atoms with Gasteiger partial charge in [0, 0.05) is 11.6 Å². The molecule has 1 aliphatic rings. The molecule has 0 aromatic heterocycles. The first-order chi connectivity index (χ1) is 5.77. The maximum atomic E-state index is 10.8. The predicted molar refractivity (Wildman–Crippen MR) is 47.2 cm³/mol. The Bertz CT molecular complexity index is 376. The Kier molecular flexibility index (Phi) is 4.39. The van der Waals surface area contributed by atoms with Gasteiger partial charge in [-0.25, -0.2) is 8.42 Å². The van der Waals surface area contributed by atoms with E-state index >= 15 is 0 Å². The van der Waals surface area contributed by atoms with Crippen LogP contribution in [-0.2, 0) is 10.1 Å². The van der Waals surface area contributed by atoms with Crippen molar-refractivity contribution in [3.05, 3.63) is 23.9 Å². The van der Waals surface area contributed by atoms with Crippen molar-refractivity contribution in [2.75, 3.05) is 0 Å². The van der Waals surface area contributed by atoms with Gasteiger partial charge < -0.3 is 16.0 Å². The third-order valence-corrected chi connectivity index (χ3v) is 3.47. The van der Waals surface area contributed by atoms with Gasteiger partial charge in [0.15, 0.2) is 0 Å². The van der Waals surface area contributed by atoms with Gasteiger partial charge in [-0.1, -0.05) is 13.0 Å². The second-order valence-corrected chi connectivity index (χ2v) is 4.72. The van der Waals surface area contributed by atoms with E-state index in [2.05, 4.69) is 0 Å². The fraction of sp³-hybridized carbons (Fsp3) is 0.429. The minimum absolute atomic E-state index is 0. The van der Waals surface area contributed by atoms with Crippen LogP contribution in [-0.4, -0.2) is 17.8 Å². The molecule has 0 aromatic rings. The van der Waals surface area contributed by atoms with Crippen LogP contribution in [0.1, 0.15) is 6.92 Å². The van der Waals surface area contributed by atoms with Crippen LogP contribution < -0.4 is 41.0 Å². The van der Waals surface area contributed by atoms with E-state index in [1.54, 1.807) is 6.92 Å². The summed E-state index contributed by atoms with van der Waals surface area (Å²) in [6, 6.07) is 0. The Balaban J connectivity index is 0.00000169. The van der Waals surface area contributed by atoms with E-state index in [4.69, 9.17) is 11.5 Å². The fourth-order valence-electron chi connectivity index (χ4n) is 1.15. The Hall–Kier alpha value is 0.150. The van der Waals surface area contributed by atoms with Crippen LogP contribution in [0, 0.1) is 5.92 Å². The van der Waals surface area contributed by atoms with Crippen LogP contribution in [0.2, 0.25) is 0 Å². The summed E-state index contributed by atoms with van der Waals surface area (Å²) in [5.74, 6) is -0.567. The molecular weight excluding hydrogens is 215 g/mol. The molecule has 0 saturated heterocycles. The molecule has 74 valence electrons. The van der Waals surface area contributed by atoms with Crippen molar-refractivity contribution in [3.8, 4) is 0 Å². The molecule has 14 heavy (non-hydrogen) atoms. The minimum Gasteiger partial charge on any atom is -0.746 e. The Morgan fingerprint density at radius 2 is 2.07 bits per heavy atom. The quantitative estimate of drug-likeness (QED) is 0.352. The minimum atomic E-state index is -4.59. The first-order valence-electron chi connectivity index (χ1n) is 3.68. The molecule has 0 radical (unpaired) electrons. The molecule has 7 heteroatoms. The predicted octanol–water partition coefficient (Wildman–Crippen LogP) is -3.76. The monoisotopic (exact) mass is 226 g/mol. The first-order valence-corrected chi connectivity index (χ1v) is 5.09. The van der Waals surface area contributed by atoms with Gasteiger partial charge in [-0.05, 0) is 12.2 Å². The van der Waals surface area contributed by atoms with Gasteiger partial charge in [-0.2, -0.15) is 0 Å². The SMILES string of the molecule is CC1C=CC(N)=CC1(N)S(=O)(=O)[O-].[Na+]. The number of rotatable bonds is 1. The van der Waals surface area contributed by atoms with E-state index in [9.17, 15) is 13.0 Å². The Morgan fingerprint density at radius 1 is 1.57 bits per heavy atom. The van der Waals surface area contributed by atoms with Crippen LogP contribution in [0.25, 0.3) is 0 Å². The van der Waals surface area contributed by atoms with Gasteiger partial charge in [0.1, 0.15) is 15.0 Å². The molecule has 2 atom stereocenters. The summed E-state index contributed by atoms with van der Waals surface area (Å²) in [5.41, 5.74) is 11.0. The number of nitrogens with two attached hydrogens (primary N) is 2. The molecule has 0 aromatic carbocycles. The van der Waals surface area contributed by atoms with E-state index in [-0.39, 0.29) is 35.3 Å². The average Bonchev–Trinajstić information content (AvgIpc) is 1.95. The molecular formula is C7H11N2NaO3S. The summed E-state index contributed by atoms with van der Waals surface area (Å²) in [5, 5.41) is 0. The molecule has 0 bridgehead atoms. The van der Waals surface area contributed by atoms with Crippen molar-refractivity contribution >= 4 is 10.1 Å². The molecule has 0 amide bonds. The summed E-state index contributed by atoms with van der Waals surface area (Å²) in [6.07, 6.45) is 4.12. The van der Waals surface area contributed by atoms with Crippen molar-refractivity contribution in [2.45, 2.75) is 11.8 Å². The Morgan fingerprint density at radius 3 is 2.43 bits per heavy atom. The maximum Gasteiger partial charge on any atom is 1.00 e. The maximum absolute atomic E-state index is 10.8.